The van der Waals surface area contributed by atoms with Crippen LogP contribution in [0.4, 0.5) is 0 Å². The molecule has 8 heteroatoms. The zero-order valence-corrected chi connectivity index (χ0v) is 16.4. The van der Waals surface area contributed by atoms with Gasteiger partial charge in [0.1, 0.15) is 11.8 Å². The largest absolute Gasteiger partial charge is 0.361 e. The Balaban J connectivity index is 1.91. The number of amides is 1. The van der Waals surface area contributed by atoms with Crippen LogP contribution in [0.1, 0.15) is 35.0 Å². The van der Waals surface area contributed by atoms with E-state index >= 15 is 0 Å². The molecule has 1 unspecified atom stereocenters. The van der Waals surface area contributed by atoms with E-state index < -0.39 is 6.04 Å². The molecule has 0 fully saturated rings. The Morgan fingerprint density at radius 1 is 1.42 bits per heavy atom. The maximum absolute atomic E-state index is 12.2. The summed E-state index contributed by atoms with van der Waals surface area (Å²) in [6.07, 6.45) is 0.246. The number of aryl methyl sites for hydroxylation is 2. The molecule has 6 nitrogen and oxygen atoms in total. The summed E-state index contributed by atoms with van der Waals surface area (Å²) in [6.45, 7) is 4.91. The molecule has 1 aromatic heterocycles. The fourth-order valence-corrected chi connectivity index (χ4v) is 2.94. The van der Waals surface area contributed by atoms with Crippen molar-refractivity contribution in [1.29, 1.82) is 5.26 Å². The van der Waals surface area contributed by atoms with Crippen LogP contribution in [0, 0.1) is 25.2 Å². The number of nitrogens with one attached hydrogen (secondary N) is 1. The summed E-state index contributed by atoms with van der Waals surface area (Å²) in [5, 5.41) is 16.6. The SMILES string of the molecule is Cc1noc(C)c1CN(C)CCC(=O)NC(C#N)c1cccc(Cl)c1Cl. The molecule has 1 aromatic carbocycles. The van der Waals surface area contributed by atoms with E-state index in [4.69, 9.17) is 27.7 Å². The molecule has 0 aliphatic heterocycles. The highest BCUT2D eigenvalue weighted by Gasteiger charge is 2.19. The lowest BCUT2D eigenvalue weighted by Crippen LogP contribution is -2.31. The Bertz CT molecular complexity index is 810. The van der Waals surface area contributed by atoms with Crippen LogP contribution in [0.15, 0.2) is 22.7 Å². The standard InChI is InChI=1S/C18H20Cl2N4O2/c1-11-14(12(2)26-23-11)10-24(3)8-7-17(25)22-16(9-21)13-5-4-6-15(19)18(13)20/h4-6,16H,7-8,10H2,1-3H3,(H,22,25). The van der Waals surface area contributed by atoms with Crippen molar-refractivity contribution in [3.63, 3.8) is 0 Å². The Morgan fingerprint density at radius 3 is 2.77 bits per heavy atom. The summed E-state index contributed by atoms with van der Waals surface area (Å²) in [6, 6.07) is 6.20. The van der Waals surface area contributed by atoms with Crippen molar-refractivity contribution in [2.45, 2.75) is 32.9 Å². The molecule has 138 valence electrons. The summed E-state index contributed by atoms with van der Waals surface area (Å²) >= 11 is 12.1. The molecule has 2 aromatic rings. The minimum atomic E-state index is -0.846. The molecule has 0 saturated heterocycles. The lowest BCUT2D eigenvalue weighted by molar-refractivity contribution is -0.121. The molecule has 0 aliphatic rings. The fourth-order valence-electron chi connectivity index (χ4n) is 2.53. The number of carbonyl (C=O) groups is 1. The number of nitriles is 1. The Hall–Kier alpha value is -2.07. The molecular formula is C18H20Cl2N4O2. The third-order valence-corrected chi connectivity index (χ3v) is 4.89. The molecule has 0 radical (unpaired) electrons. The van der Waals surface area contributed by atoms with Crippen molar-refractivity contribution in [2.75, 3.05) is 13.6 Å². The maximum atomic E-state index is 12.2. The van der Waals surface area contributed by atoms with Gasteiger partial charge in [-0.05, 0) is 27.0 Å². The first-order valence-corrected chi connectivity index (χ1v) is 8.82. The van der Waals surface area contributed by atoms with Crippen molar-refractivity contribution in [3.05, 3.63) is 50.8 Å². The van der Waals surface area contributed by atoms with E-state index in [0.717, 1.165) is 17.0 Å². The number of aromatic nitrogens is 1. The second-order valence-electron chi connectivity index (χ2n) is 6.06. The van der Waals surface area contributed by atoms with Gasteiger partial charge in [0.25, 0.3) is 0 Å². The minimum Gasteiger partial charge on any atom is -0.361 e. The van der Waals surface area contributed by atoms with Crippen LogP contribution in [0.25, 0.3) is 0 Å². The van der Waals surface area contributed by atoms with Gasteiger partial charge in [-0.25, -0.2) is 0 Å². The van der Waals surface area contributed by atoms with Gasteiger partial charge in [-0.15, -0.1) is 0 Å². The Morgan fingerprint density at radius 2 is 2.15 bits per heavy atom. The van der Waals surface area contributed by atoms with Crippen LogP contribution >= 0.6 is 23.2 Å². The second-order valence-corrected chi connectivity index (χ2v) is 6.85. The van der Waals surface area contributed by atoms with Crippen molar-refractivity contribution >= 4 is 29.1 Å². The summed E-state index contributed by atoms with van der Waals surface area (Å²) < 4.78 is 5.14. The number of nitrogens with zero attached hydrogens (tertiary/aromatic N) is 3. The van der Waals surface area contributed by atoms with Crippen molar-refractivity contribution < 1.29 is 9.32 Å². The van der Waals surface area contributed by atoms with Gasteiger partial charge < -0.3 is 14.7 Å². The fraction of sp³-hybridized carbons (Fsp3) is 0.389. The van der Waals surface area contributed by atoms with Crippen LogP contribution < -0.4 is 5.32 Å². The maximum Gasteiger partial charge on any atom is 0.222 e. The highest BCUT2D eigenvalue weighted by atomic mass is 35.5. The molecule has 0 saturated carbocycles. The molecule has 0 aliphatic carbocycles. The number of rotatable bonds is 7. The van der Waals surface area contributed by atoms with Crippen molar-refractivity contribution in [2.24, 2.45) is 0 Å². The molecular weight excluding hydrogens is 375 g/mol. The highest BCUT2D eigenvalue weighted by molar-refractivity contribution is 6.42. The van der Waals surface area contributed by atoms with Gasteiger partial charge >= 0.3 is 0 Å². The Kier molecular flexibility index (Phi) is 7.04. The van der Waals surface area contributed by atoms with E-state index in [2.05, 4.69) is 10.5 Å². The van der Waals surface area contributed by atoms with Gasteiger partial charge in [0.05, 0.1) is 21.8 Å². The van der Waals surface area contributed by atoms with Crippen LogP contribution in [-0.4, -0.2) is 29.6 Å². The predicted molar refractivity (Wildman–Crippen MR) is 99.9 cm³/mol. The molecule has 1 amide bonds. The average molecular weight is 395 g/mol. The van der Waals surface area contributed by atoms with Gasteiger partial charge in [-0.3, -0.25) is 4.79 Å². The molecule has 0 spiro atoms. The molecule has 0 bridgehead atoms. The quantitative estimate of drug-likeness (QED) is 0.771. The molecule has 1 N–H and O–H groups in total. The van der Waals surface area contributed by atoms with E-state index in [-0.39, 0.29) is 17.4 Å². The van der Waals surface area contributed by atoms with Gasteiger partial charge in [-0.1, -0.05) is 40.5 Å². The second kappa shape index (κ2) is 9.04. The van der Waals surface area contributed by atoms with E-state index in [1.54, 1.807) is 18.2 Å². The van der Waals surface area contributed by atoms with Crippen molar-refractivity contribution in [3.8, 4) is 6.07 Å². The average Bonchev–Trinajstić information content (AvgIpc) is 2.92. The third-order valence-electron chi connectivity index (χ3n) is 4.06. The van der Waals surface area contributed by atoms with Crippen LogP contribution in [0.3, 0.4) is 0 Å². The number of carbonyl (C=O) groups excluding carboxylic acids is 1. The van der Waals surface area contributed by atoms with E-state index in [1.807, 2.05) is 31.9 Å². The number of hydrogen-bond donors (Lipinski definition) is 1. The molecule has 26 heavy (non-hydrogen) atoms. The number of halogens is 2. The van der Waals surface area contributed by atoms with Gasteiger partial charge in [-0.2, -0.15) is 5.26 Å². The number of benzene rings is 1. The smallest absolute Gasteiger partial charge is 0.222 e. The van der Waals surface area contributed by atoms with Crippen LogP contribution in [0.5, 0.6) is 0 Å². The van der Waals surface area contributed by atoms with Gasteiger partial charge in [0.15, 0.2) is 0 Å². The van der Waals surface area contributed by atoms with Crippen LogP contribution in [-0.2, 0) is 11.3 Å². The van der Waals surface area contributed by atoms with Gasteiger partial charge in [0, 0.05) is 30.6 Å². The first-order valence-electron chi connectivity index (χ1n) is 8.06. The number of hydrogen-bond acceptors (Lipinski definition) is 5. The summed E-state index contributed by atoms with van der Waals surface area (Å²) in [5.41, 5.74) is 2.35. The van der Waals surface area contributed by atoms with Crippen LogP contribution in [0.2, 0.25) is 10.0 Å². The van der Waals surface area contributed by atoms with E-state index in [0.29, 0.717) is 23.7 Å². The Labute approximate surface area is 162 Å². The van der Waals surface area contributed by atoms with E-state index in [9.17, 15) is 10.1 Å². The molecule has 1 heterocycles. The van der Waals surface area contributed by atoms with Crippen molar-refractivity contribution in [1.82, 2.24) is 15.4 Å². The highest BCUT2D eigenvalue weighted by Crippen LogP contribution is 2.29. The molecule has 1 atom stereocenters. The monoisotopic (exact) mass is 394 g/mol. The molecule has 2 rings (SSSR count). The topological polar surface area (TPSA) is 82.2 Å². The zero-order chi connectivity index (χ0) is 19.3. The van der Waals surface area contributed by atoms with E-state index in [1.165, 1.54) is 0 Å². The summed E-state index contributed by atoms with van der Waals surface area (Å²) in [7, 11) is 1.91. The summed E-state index contributed by atoms with van der Waals surface area (Å²) in [4.78, 5) is 14.2. The lowest BCUT2D eigenvalue weighted by Gasteiger charge is -2.18. The lowest BCUT2D eigenvalue weighted by atomic mass is 10.1. The zero-order valence-electron chi connectivity index (χ0n) is 14.8. The first-order chi connectivity index (χ1) is 12.3. The first kappa shape index (κ1) is 20.2. The summed E-state index contributed by atoms with van der Waals surface area (Å²) in [5.74, 6) is 0.539. The predicted octanol–water partition coefficient (Wildman–Crippen LogP) is 3.80. The third kappa shape index (κ3) is 4.98. The van der Waals surface area contributed by atoms with Gasteiger partial charge in [0.2, 0.25) is 5.91 Å². The minimum absolute atomic E-state index is 0.238. The normalized spacial score (nSPS) is 12.0.